The molecule has 11 heteroatoms. The number of thioether (sulfide) groups is 1. The zero-order valence-electron chi connectivity index (χ0n) is 19.4. The first-order valence-corrected chi connectivity index (χ1v) is 12.5. The van der Waals surface area contributed by atoms with Crippen LogP contribution in [0, 0.1) is 28.9 Å². The SMILES string of the molecule is COc1cc(N2C(=O)[C@H]3[C@H](CCSC)N[C@@]4(C(=O)Nc5ccccc54)[C@@H]3C2=O)c(C)cc1[N+](=O)[O-]. The normalized spacial score (nSPS) is 26.8. The number of ether oxygens (including phenoxy) is 1. The summed E-state index contributed by atoms with van der Waals surface area (Å²) < 4.78 is 5.19. The second-order valence-electron chi connectivity index (χ2n) is 8.92. The van der Waals surface area contributed by atoms with Gasteiger partial charge in [-0.2, -0.15) is 11.8 Å². The third-order valence-electron chi connectivity index (χ3n) is 7.19. The Balaban J connectivity index is 1.66. The standard InChI is InChI=1S/C24H24N4O6S/c1-12-10-17(28(32)33)18(34-2)11-16(12)27-21(29)19-15(8-9-35-3)26-24(20(19)22(27)30)13-6-4-5-7-14(13)25-23(24)31/h4-7,10-11,15,19-20,26H,8-9H2,1-3H3,(H,25,31)/t15-,19-,20-,24+/m0/s1. The van der Waals surface area contributed by atoms with Crippen LogP contribution < -0.4 is 20.3 Å². The number of nitro groups is 1. The van der Waals surface area contributed by atoms with Crippen LogP contribution in [0.5, 0.6) is 5.75 Å². The van der Waals surface area contributed by atoms with Crippen LogP contribution in [0.3, 0.4) is 0 Å². The van der Waals surface area contributed by atoms with Gasteiger partial charge in [-0.1, -0.05) is 18.2 Å². The van der Waals surface area contributed by atoms with E-state index in [0.717, 1.165) is 10.7 Å². The number of para-hydroxylation sites is 1. The molecular formula is C24H24N4O6S. The van der Waals surface area contributed by atoms with Gasteiger partial charge in [-0.15, -0.1) is 0 Å². The molecule has 4 atom stereocenters. The number of hydrogen-bond donors (Lipinski definition) is 2. The zero-order chi connectivity index (χ0) is 25.1. The first kappa shape index (κ1) is 23.3. The maximum Gasteiger partial charge on any atom is 0.311 e. The maximum absolute atomic E-state index is 14.0. The Labute approximate surface area is 205 Å². The summed E-state index contributed by atoms with van der Waals surface area (Å²) in [5, 5.41) is 17.7. The number of fused-ring (bicyclic) bond motifs is 4. The lowest BCUT2D eigenvalue weighted by Crippen LogP contribution is -2.53. The molecule has 0 unspecified atom stereocenters. The molecule has 0 saturated carbocycles. The van der Waals surface area contributed by atoms with E-state index < -0.39 is 40.2 Å². The Morgan fingerprint density at radius 3 is 2.63 bits per heavy atom. The molecule has 0 aromatic heterocycles. The van der Waals surface area contributed by atoms with E-state index in [0.29, 0.717) is 23.2 Å². The molecule has 35 heavy (non-hydrogen) atoms. The van der Waals surface area contributed by atoms with Crippen molar-refractivity contribution in [2.45, 2.75) is 24.9 Å². The number of nitrogens with zero attached hydrogens (tertiary/aromatic N) is 2. The first-order valence-electron chi connectivity index (χ1n) is 11.1. The number of carbonyl (C=O) groups is 3. The van der Waals surface area contributed by atoms with Crippen LogP contribution in [0.1, 0.15) is 17.5 Å². The highest BCUT2D eigenvalue weighted by molar-refractivity contribution is 7.98. The lowest BCUT2D eigenvalue weighted by molar-refractivity contribution is -0.385. The number of anilines is 2. The number of carbonyl (C=O) groups excluding carboxylic acids is 3. The number of amides is 3. The quantitative estimate of drug-likeness (QED) is 0.355. The average molecular weight is 497 g/mol. The highest BCUT2D eigenvalue weighted by atomic mass is 32.2. The van der Waals surface area contributed by atoms with Crippen molar-refractivity contribution in [1.82, 2.24) is 5.32 Å². The number of benzene rings is 2. The molecule has 3 amide bonds. The van der Waals surface area contributed by atoms with Crippen molar-refractivity contribution >= 4 is 46.5 Å². The van der Waals surface area contributed by atoms with E-state index in [1.807, 2.05) is 6.26 Å². The average Bonchev–Trinajstić information content (AvgIpc) is 3.42. The fraction of sp³-hybridized carbons (Fsp3) is 0.375. The van der Waals surface area contributed by atoms with Crippen LogP contribution in [0.2, 0.25) is 0 Å². The van der Waals surface area contributed by atoms with Gasteiger partial charge in [0, 0.05) is 29.4 Å². The monoisotopic (exact) mass is 496 g/mol. The summed E-state index contributed by atoms with van der Waals surface area (Å²) in [5.74, 6) is -2.31. The van der Waals surface area contributed by atoms with Crippen molar-refractivity contribution in [2.24, 2.45) is 11.8 Å². The van der Waals surface area contributed by atoms with Gasteiger partial charge < -0.3 is 10.1 Å². The van der Waals surface area contributed by atoms with E-state index in [4.69, 9.17) is 4.74 Å². The van der Waals surface area contributed by atoms with Gasteiger partial charge in [-0.25, -0.2) is 4.90 Å². The Hall–Kier alpha value is -3.44. The number of rotatable bonds is 6. The molecule has 1 spiro atoms. The molecule has 3 aliphatic rings. The van der Waals surface area contributed by atoms with Gasteiger partial charge in [0.1, 0.15) is 5.54 Å². The molecule has 2 saturated heterocycles. The molecule has 2 N–H and O–H groups in total. The van der Waals surface area contributed by atoms with Crippen LogP contribution in [0.25, 0.3) is 0 Å². The van der Waals surface area contributed by atoms with Crippen LogP contribution in [-0.4, -0.2) is 47.8 Å². The summed E-state index contributed by atoms with van der Waals surface area (Å²) in [6.07, 6.45) is 2.55. The second-order valence-corrected chi connectivity index (χ2v) is 9.91. The summed E-state index contributed by atoms with van der Waals surface area (Å²) in [5.41, 5.74) is 0.243. The third kappa shape index (κ3) is 3.18. The lowest BCUT2D eigenvalue weighted by atomic mass is 9.76. The molecular weight excluding hydrogens is 472 g/mol. The second kappa shape index (κ2) is 8.35. The molecule has 10 nitrogen and oxygen atoms in total. The summed E-state index contributed by atoms with van der Waals surface area (Å²) in [6.45, 7) is 1.60. The number of nitro benzene ring substituents is 1. The van der Waals surface area contributed by atoms with Gasteiger partial charge in [-0.3, -0.25) is 29.8 Å². The molecule has 0 radical (unpaired) electrons. The van der Waals surface area contributed by atoms with E-state index in [1.54, 1.807) is 43.0 Å². The number of nitrogens with one attached hydrogen (secondary N) is 2. The molecule has 2 fully saturated rings. The van der Waals surface area contributed by atoms with E-state index in [1.165, 1.54) is 19.2 Å². The fourth-order valence-corrected chi connectivity index (χ4v) is 6.19. The van der Waals surface area contributed by atoms with Crippen molar-refractivity contribution < 1.29 is 24.0 Å². The molecule has 0 aliphatic carbocycles. The number of imide groups is 1. The van der Waals surface area contributed by atoms with Gasteiger partial charge >= 0.3 is 5.69 Å². The largest absolute Gasteiger partial charge is 0.490 e. The van der Waals surface area contributed by atoms with Gasteiger partial charge in [-0.05, 0) is 37.0 Å². The zero-order valence-corrected chi connectivity index (χ0v) is 20.2. The molecule has 182 valence electrons. The van der Waals surface area contributed by atoms with Gasteiger partial charge in [0.05, 0.1) is 29.6 Å². The maximum atomic E-state index is 14.0. The summed E-state index contributed by atoms with van der Waals surface area (Å²) in [7, 11) is 1.29. The Morgan fingerprint density at radius 1 is 1.20 bits per heavy atom. The molecule has 3 heterocycles. The Bertz CT molecular complexity index is 1280. The molecule has 2 aromatic carbocycles. The van der Waals surface area contributed by atoms with E-state index in [2.05, 4.69) is 10.6 Å². The molecule has 2 aromatic rings. The van der Waals surface area contributed by atoms with Crippen LogP contribution in [-0.2, 0) is 19.9 Å². The van der Waals surface area contributed by atoms with Crippen LogP contribution in [0.4, 0.5) is 17.1 Å². The molecule has 5 rings (SSSR count). The molecule has 0 bridgehead atoms. The van der Waals surface area contributed by atoms with Crippen molar-refractivity contribution in [3.05, 3.63) is 57.6 Å². The Kier molecular flexibility index (Phi) is 5.56. The van der Waals surface area contributed by atoms with E-state index >= 15 is 0 Å². The summed E-state index contributed by atoms with van der Waals surface area (Å²) in [4.78, 5) is 53.3. The summed E-state index contributed by atoms with van der Waals surface area (Å²) >= 11 is 1.62. The third-order valence-corrected chi connectivity index (χ3v) is 7.83. The smallest absolute Gasteiger partial charge is 0.311 e. The van der Waals surface area contributed by atoms with Gasteiger partial charge in [0.25, 0.3) is 0 Å². The highest BCUT2D eigenvalue weighted by Gasteiger charge is 2.70. The van der Waals surface area contributed by atoms with E-state index in [-0.39, 0.29) is 23.0 Å². The van der Waals surface area contributed by atoms with Crippen molar-refractivity contribution in [3.63, 3.8) is 0 Å². The van der Waals surface area contributed by atoms with Crippen LogP contribution in [0.15, 0.2) is 36.4 Å². The lowest BCUT2D eigenvalue weighted by Gasteiger charge is -2.30. The summed E-state index contributed by atoms with van der Waals surface area (Å²) in [6, 6.07) is 9.43. The minimum absolute atomic E-state index is 0.0519. The van der Waals surface area contributed by atoms with Crippen molar-refractivity contribution in [3.8, 4) is 5.75 Å². The predicted molar refractivity (Wildman–Crippen MR) is 131 cm³/mol. The first-order chi connectivity index (χ1) is 16.8. The number of hydrogen-bond acceptors (Lipinski definition) is 8. The van der Waals surface area contributed by atoms with Crippen LogP contribution >= 0.6 is 11.8 Å². The van der Waals surface area contributed by atoms with Gasteiger partial charge in [0.15, 0.2) is 5.75 Å². The minimum atomic E-state index is -1.37. The fourth-order valence-electron chi connectivity index (χ4n) is 5.70. The van der Waals surface area contributed by atoms with Crippen molar-refractivity contribution in [2.75, 3.05) is 29.3 Å². The number of methoxy groups -OCH3 is 1. The van der Waals surface area contributed by atoms with Crippen molar-refractivity contribution in [1.29, 1.82) is 0 Å². The van der Waals surface area contributed by atoms with E-state index in [9.17, 15) is 24.5 Å². The topological polar surface area (TPSA) is 131 Å². The predicted octanol–water partition coefficient (Wildman–Crippen LogP) is 2.59. The highest BCUT2D eigenvalue weighted by Crippen LogP contribution is 2.54. The Morgan fingerprint density at radius 2 is 1.94 bits per heavy atom. The van der Waals surface area contributed by atoms with Gasteiger partial charge in [0.2, 0.25) is 17.7 Å². The number of aryl methyl sites for hydroxylation is 1. The molecule has 3 aliphatic heterocycles. The minimum Gasteiger partial charge on any atom is -0.490 e.